The van der Waals surface area contributed by atoms with Gasteiger partial charge in [-0.05, 0) is 0 Å². The number of nitrogens with one attached hydrogen (secondary N) is 2. The first-order chi connectivity index (χ1) is 8.52. The van der Waals surface area contributed by atoms with Gasteiger partial charge in [-0.2, -0.15) is 0 Å². The largest absolute Gasteiger partial charge is 0.378 e. The van der Waals surface area contributed by atoms with Crippen molar-refractivity contribution in [1.29, 1.82) is 0 Å². The van der Waals surface area contributed by atoms with Crippen molar-refractivity contribution in [3.05, 3.63) is 0 Å². The number of hydrogen-bond donors (Lipinski definition) is 2. The van der Waals surface area contributed by atoms with Crippen LogP contribution in [-0.4, -0.2) is 57.6 Å². The van der Waals surface area contributed by atoms with E-state index in [1.54, 1.807) is 0 Å². The van der Waals surface area contributed by atoms with E-state index in [0.29, 0.717) is 25.9 Å². The van der Waals surface area contributed by atoms with E-state index < -0.39 is 6.17 Å². The van der Waals surface area contributed by atoms with E-state index in [4.69, 9.17) is 9.47 Å². The normalized spacial score (nSPS) is 12.7. The Bertz CT molecular complexity index is 215. The van der Waals surface area contributed by atoms with E-state index in [9.17, 15) is 9.18 Å². The smallest absolute Gasteiger partial charge is 0.216 e. The zero-order chi connectivity index (χ0) is 13.8. The summed E-state index contributed by atoms with van der Waals surface area (Å²) in [6.07, 6.45) is -1.17. The summed E-state index contributed by atoms with van der Waals surface area (Å²) in [7, 11) is 0. The molecule has 0 bridgehead atoms. The molecule has 0 fully saturated rings. The summed E-state index contributed by atoms with van der Waals surface area (Å²) in [5.41, 5.74) is 0. The lowest BCUT2D eigenvalue weighted by molar-refractivity contribution is -0.119. The Balaban J connectivity index is 3.17. The summed E-state index contributed by atoms with van der Waals surface area (Å²) >= 11 is 0. The van der Waals surface area contributed by atoms with Crippen molar-refractivity contribution in [1.82, 2.24) is 10.6 Å². The summed E-state index contributed by atoms with van der Waals surface area (Å²) in [6.45, 7) is 7.70. The van der Waals surface area contributed by atoms with Crippen LogP contribution >= 0.6 is 0 Å². The molecular weight excluding hydrogens is 239 g/mol. The molecule has 0 saturated heterocycles. The van der Waals surface area contributed by atoms with Crippen molar-refractivity contribution in [2.75, 3.05) is 39.5 Å². The zero-order valence-electron chi connectivity index (χ0n) is 11.5. The number of ether oxygens (including phenoxy) is 2. The maximum atomic E-state index is 13.1. The number of hydrogen-bond acceptors (Lipinski definition) is 4. The first kappa shape index (κ1) is 17.3. The van der Waals surface area contributed by atoms with Crippen LogP contribution in [0.4, 0.5) is 4.39 Å². The van der Waals surface area contributed by atoms with Gasteiger partial charge in [0.05, 0.1) is 33.0 Å². The van der Waals surface area contributed by atoms with Gasteiger partial charge in [0, 0.05) is 19.5 Å². The summed E-state index contributed by atoms with van der Waals surface area (Å²) in [5, 5.41) is 5.61. The topological polar surface area (TPSA) is 59.6 Å². The SMILES string of the molecule is CC(=O)NCC(F)COCCOCCNC(C)C. The number of carbonyl (C=O) groups is 1. The van der Waals surface area contributed by atoms with E-state index in [-0.39, 0.29) is 19.1 Å². The van der Waals surface area contributed by atoms with E-state index in [1.807, 2.05) is 0 Å². The van der Waals surface area contributed by atoms with Gasteiger partial charge < -0.3 is 20.1 Å². The third-order valence-electron chi connectivity index (χ3n) is 2.04. The molecule has 6 heteroatoms. The molecule has 0 heterocycles. The lowest BCUT2D eigenvalue weighted by atomic mass is 10.4. The third kappa shape index (κ3) is 13.3. The average molecular weight is 264 g/mol. The molecule has 0 rings (SSSR count). The van der Waals surface area contributed by atoms with Crippen molar-refractivity contribution in [3.63, 3.8) is 0 Å². The quantitative estimate of drug-likeness (QED) is 0.533. The molecule has 0 aliphatic heterocycles. The van der Waals surface area contributed by atoms with E-state index in [1.165, 1.54) is 6.92 Å². The molecule has 0 saturated carbocycles. The van der Waals surface area contributed by atoms with Crippen LogP contribution in [0.1, 0.15) is 20.8 Å². The van der Waals surface area contributed by atoms with Crippen LogP contribution in [0.15, 0.2) is 0 Å². The highest BCUT2D eigenvalue weighted by atomic mass is 19.1. The molecule has 5 nitrogen and oxygen atoms in total. The second-order valence-corrected chi connectivity index (χ2v) is 4.33. The molecule has 0 aromatic carbocycles. The highest BCUT2D eigenvalue weighted by Crippen LogP contribution is 1.90. The number of rotatable bonds is 11. The first-order valence-electron chi connectivity index (χ1n) is 6.29. The summed E-state index contributed by atoms with van der Waals surface area (Å²) in [6, 6.07) is 0.450. The average Bonchev–Trinajstić information content (AvgIpc) is 2.29. The number of halogens is 1. The molecule has 2 N–H and O–H groups in total. The van der Waals surface area contributed by atoms with Gasteiger partial charge in [-0.3, -0.25) is 4.79 Å². The molecule has 0 radical (unpaired) electrons. The van der Waals surface area contributed by atoms with Gasteiger partial charge in [0.2, 0.25) is 5.91 Å². The molecular formula is C12H25FN2O3. The fraction of sp³-hybridized carbons (Fsp3) is 0.917. The van der Waals surface area contributed by atoms with E-state index in [0.717, 1.165) is 6.54 Å². The number of alkyl halides is 1. The van der Waals surface area contributed by atoms with E-state index in [2.05, 4.69) is 24.5 Å². The predicted molar refractivity (Wildman–Crippen MR) is 68.4 cm³/mol. The maximum Gasteiger partial charge on any atom is 0.216 e. The second kappa shape index (κ2) is 11.4. The van der Waals surface area contributed by atoms with Crippen LogP contribution in [0.3, 0.4) is 0 Å². The van der Waals surface area contributed by atoms with Gasteiger partial charge in [-0.15, -0.1) is 0 Å². The number of carbonyl (C=O) groups excluding carboxylic acids is 1. The minimum Gasteiger partial charge on any atom is -0.378 e. The van der Waals surface area contributed by atoms with Crippen LogP contribution in [0.2, 0.25) is 0 Å². The van der Waals surface area contributed by atoms with Crippen LogP contribution in [0, 0.1) is 0 Å². The summed E-state index contributed by atoms with van der Waals surface area (Å²) in [4.78, 5) is 10.5. The molecule has 0 aliphatic carbocycles. The highest BCUT2D eigenvalue weighted by Gasteiger charge is 2.06. The monoisotopic (exact) mass is 264 g/mol. The van der Waals surface area contributed by atoms with Gasteiger partial charge >= 0.3 is 0 Å². The molecule has 1 unspecified atom stereocenters. The Labute approximate surface area is 108 Å². The minimum atomic E-state index is -1.17. The summed E-state index contributed by atoms with van der Waals surface area (Å²) in [5.74, 6) is -0.237. The Kier molecular flexibility index (Phi) is 10.9. The number of amides is 1. The van der Waals surface area contributed by atoms with Crippen LogP contribution in [0.25, 0.3) is 0 Å². The van der Waals surface area contributed by atoms with E-state index >= 15 is 0 Å². The Morgan fingerprint density at radius 2 is 1.89 bits per heavy atom. The molecule has 0 spiro atoms. The van der Waals surface area contributed by atoms with Gasteiger partial charge in [-0.1, -0.05) is 13.8 Å². The van der Waals surface area contributed by atoms with Crippen LogP contribution in [-0.2, 0) is 14.3 Å². The summed E-state index contributed by atoms with van der Waals surface area (Å²) < 4.78 is 23.5. The fourth-order valence-electron chi connectivity index (χ4n) is 1.16. The van der Waals surface area contributed by atoms with Crippen molar-refractivity contribution in [3.8, 4) is 0 Å². The third-order valence-corrected chi connectivity index (χ3v) is 2.04. The van der Waals surface area contributed by atoms with Crippen LogP contribution in [0.5, 0.6) is 0 Å². The predicted octanol–water partition coefficient (Wildman–Crippen LogP) is 0.492. The van der Waals surface area contributed by atoms with Crippen molar-refractivity contribution >= 4 is 5.91 Å². The van der Waals surface area contributed by atoms with Crippen molar-refractivity contribution < 1.29 is 18.7 Å². The van der Waals surface area contributed by atoms with Gasteiger partial charge in [0.15, 0.2) is 0 Å². The Morgan fingerprint density at radius 3 is 2.50 bits per heavy atom. The fourth-order valence-corrected chi connectivity index (χ4v) is 1.16. The maximum absolute atomic E-state index is 13.1. The lowest BCUT2D eigenvalue weighted by Gasteiger charge is -2.10. The Hall–Kier alpha value is -0.720. The van der Waals surface area contributed by atoms with Crippen molar-refractivity contribution in [2.24, 2.45) is 0 Å². The molecule has 18 heavy (non-hydrogen) atoms. The minimum absolute atomic E-state index is 0.00546. The Morgan fingerprint density at radius 1 is 1.22 bits per heavy atom. The van der Waals surface area contributed by atoms with Crippen LogP contribution < -0.4 is 10.6 Å². The second-order valence-electron chi connectivity index (χ2n) is 4.33. The van der Waals surface area contributed by atoms with Gasteiger partial charge in [0.1, 0.15) is 6.17 Å². The zero-order valence-corrected chi connectivity index (χ0v) is 11.5. The molecule has 1 amide bonds. The molecule has 1 atom stereocenters. The first-order valence-corrected chi connectivity index (χ1v) is 6.29. The van der Waals surface area contributed by atoms with Gasteiger partial charge in [-0.25, -0.2) is 4.39 Å². The molecule has 0 aromatic heterocycles. The highest BCUT2D eigenvalue weighted by molar-refractivity contribution is 5.72. The molecule has 0 aromatic rings. The van der Waals surface area contributed by atoms with Gasteiger partial charge in [0.25, 0.3) is 0 Å². The van der Waals surface area contributed by atoms with Crippen molar-refractivity contribution in [2.45, 2.75) is 33.0 Å². The molecule has 108 valence electrons. The molecule has 0 aliphatic rings. The lowest BCUT2D eigenvalue weighted by Crippen LogP contribution is -2.31. The standard InChI is InChI=1S/C12H25FN2O3/c1-10(2)14-4-5-17-6-7-18-9-12(13)8-15-11(3)16/h10,12,14H,4-9H2,1-3H3,(H,15,16).